The van der Waals surface area contributed by atoms with Gasteiger partial charge in [0.15, 0.2) is 9.84 Å². The van der Waals surface area contributed by atoms with Crippen LogP contribution in [0.15, 0.2) is 0 Å². The van der Waals surface area contributed by atoms with Crippen molar-refractivity contribution < 1.29 is 17.9 Å². The lowest BCUT2D eigenvalue weighted by molar-refractivity contribution is -0.137. The van der Waals surface area contributed by atoms with Crippen molar-refractivity contribution in [2.24, 2.45) is 0 Å². The zero-order chi connectivity index (χ0) is 12.0. The molecule has 0 aromatic rings. The molecule has 7 heteroatoms. The molecule has 0 aromatic heterocycles. The van der Waals surface area contributed by atoms with E-state index in [-0.39, 0.29) is 17.0 Å². The molecule has 6 nitrogen and oxygen atoms in total. The van der Waals surface area contributed by atoms with E-state index in [1.807, 2.05) is 0 Å². The average Bonchev–Trinajstić information content (AvgIpc) is 2.62. The van der Waals surface area contributed by atoms with Crippen LogP contribution in [0.3, 0.4) is 0 Å². The highest BCUT2D eigenvalue weighted by Gasteiger charge is 2.49. The molecule has 98 valence electrons. The van der Waals surface area contributed by atoms with E-state index >= 15 is 0 Å². The van der Waals surface area contributed by atoms with Gasteiger partial charge in [-0.3, -0.25) is 5.32 Å². The van der Waals surface area contributed by atoms with Gasteiger partial charge >= 0.3 is 0 Å². The first-order valence-electron chi connectivity index (χ1n) is 5.96. The Kier molecular flexibility index (Phi) is 2.71. The molecule has 0 aromatic carbocycles. The quantitative estimate of drug-likeness (QED) is 0.552. The molecule has 0 bridgehead atoms. The summed E-state index contributed by atoms with van der Waals surface area (Å²) in [5.74, 6) is 0.313. The molecule has 0 radical (unpaired) electrons. The van der Waals surface area contributed by atoms with Gasteiger partial charge in [0, 0.05) is 19.5 Å². The first-order valence-corrected chi connectivity index (χ1v) is 7.78. The van der Waals surface area contributed by atoms with Gasteiger partial charge in [-0.1, -0.05) is 0 Å². The maximum atomic E-state index is 11.5. The molecule has 3 fully saturated rings. The van der Waals surface area contributed by atoms with E-state index in [2.05, 4.69) is 10.6 Å². The van der Waals surface area contributed by atoms with Crippen LogP contribution in [0.25, 0.3) is 0 Å². The van der Waals surface area contributed by atoms with E-state index in [1.165, 1.54) is 0 Å². The second kappa shape index (κ2) is 3.89. The monoisotopic (exact) mass is 262 g/mol. The van der Waals surface area contributed by atoms with Crippen LogP contribution < -0.4 is 10.6 Å². The lowest BCUT2D eigenvalue weighted by atomic mass is 9.96. The van der Waals surface area contributed by atoms with Gasteiger partial charge in [-0.15, -0.1) is 0 Å². The smallest absolute Gasteiger partial charge is 0.154 e. The lowest BCUT2D eigenvalue weighted by Gasteiger charge is -2.47. The minimum absolute atomic E-state index is 0.0942. The van der Waals surface area contributed by atoms with Crippen LogP contribution in [0.4, 0.5) is 0 Å². The molecule has 17 heavy (non-hydrogen) atoms. The number of sulfone groups is 1. The van der Waals surface area contributed by atoms with Gasteiger partial charge in [0.25, 0.3) is 0 Å². The number of hydrogen-bond acceptors (Lipinski definition) is 6. The summed E-state index contributed by atoms with van der Waals surface area (Å²) >= 11 is 0. The van der Waals surface area contributed by atoms with Gasteiger partial charge in [0.05, 0.1) is 36.9 Å². The molecule has 2 spiro atoms. The van der Waals surface area contributed by atoms with Crippen molar-refractivity contribution in [1.82, 2.24) is 10.6 Å². The Morgan fingerprint density at radius 3 is 2.59 bits per heavy atom. The fraction of sp³-hybridized carbons (Fsp3) is 1.00. The van der Waals surface area contributed by atoms with Crippen LogP contribution in [-0.2, 0) is 19.3 Å². The SMILES string of the molecule is O=S1(=O)CCC2(C1)NCC1(COCCN1)CO2. The van der Waals surface area contributed by atoms with Gasteiger partial charge in [0.2, 0.25) is 0 Å². The van der Waals surface area contributed by atoms with Crippen LogP contribution in [0.2, 0.25) is 0 Å². The fourth-order valence-electron chi connectivity index (χ4n) is 2.69. The maximum absolute atomic E-state index is 11.5. The Bertz CT molecular complexity index is 393. The maximum Gasteiger partial charge on any atom is 0.154 e. The van der Waals surface area contributed by atoms with Gasteiger partial charge in [-0.25, -0.2) is 8.42 Å². The highest BCUT2D eigenvalue weighted by atomic mass is 32.2. The summed E-state index contributed by atoms with van der Waals surface area (Å²) in [5.41, 5.74) is -0.834. The van der Waals surface area contributed by atoms with Crippen LogP contribution in [0.5, 0.6) is 0 Å². The van der Waals surface area contributed by atoms with Gasteiger partial charge in [-0.05, 0) is 0 Å². The zero-order valence-corrected chi connectivity index (χ0v) is 10.5. The van der Waals surface area contributed by atoms with Crippen molar-refractivity contribution in [3.8, 4) is 0 Å². The molecule has 3 saturated heterocycles. The Morgan fingerprint density at radius 1 is 1.18 bits per heavy atom. The van der Waals surface area contributed by atoms with Crippen molar-refractivity contribution in [2.75, 3.05) is 44.4 Å². The van der Waals surface area contributed by atoms with Gasteiger partial charge in [0.1, 0.15) is 5.72 Å². The second-order valence-corrected chi connectivity index (χ2v) is 7.42. The molecular weight excluding hydrogens is 244 g/mol. The van der Waals surface area contributed by atoms with E-state index in [9.17, 15) is 8.42 Å². The van der Waals surface area contributed by atoms with Crippen molar-refractivity contribution in [3.63, 3.8) is 0 Å². The largest absolute Gasteiger partial charge is 0.378 e. The van der Waals surface area contributed by atoms with Gasteiger partial charge in [-0.2, -0.15) is 0 Å². The summed E-state index contributed by atoms with van der Waals surface area (Å²) in [6.45, 7) is 3.36. The van der Waals surface area contributed by atoms with Gasteiger partial charge < -0.3 is 14.8 Å². The fourth-order valence-corrected chi connectivity index (χ4v) is 4.52. The van der Waals surface area contributed by atoms with Crippen LogP contribution >= 0.6 is 0 Å². The molecule has 3 rings (SSSR count). The summed E-state index contributed by atoms with van der Waals surface area (Å²) in [7, 11) is -2.94. The summed E-state index contributed by atoms with van der Waals surface area (Å²) in [6.07, 6.45) is 0.548. The van der Waals surface area contributed by atoms with Crippen molar-refractivity contribution in [1.29, 1.82) is 0 Å². The summed E-state index contributed by atoms with van der Waals surface area (Å²) in [4.78, 5) is 0. The minimum atomic E-state index is -2.94. The molecule has 3 aliphatic rings. The number of ether oxygens (including phenoxy) is 2. The summed E-state index contributed by atoms with van der Waals surface area (Å²) in [5, 5.41) is 6.67. The van der Waals surface area contributed by atoms with Crippen LogP contribution in [-0.4, -0.2) is 64.1 Å². The number of morpholine rings is 1. The lowest BCUT2D eigenvalue weighted by Crippen LogP contribution is -2.70. The van der Waals surface area contributed by atoms with E-state index in [1.54, 1.807) is 0 Å². The molecule has 0 aliphatic carbocycles. The Balaban J connectivity index is 1.68. The second-order valence-electron chi connectivity index (χ2n) is 5.24. The minimum Gasteiger partial charge on any atom is -0.378 e. The Labute approximate surface area is 101 Å². The molecular formula is C10H18N2O4S. The van der Waals surface area contributed by atoms with Crippen molar-refractivity contribution in [2.45, 2.75) is 17.7 Å². The third kappa shape index (κ3) is 2.22. The first kappa shape index (κ1) is 11.9. The molecule has 0 saturated carbocycles. The van der Waals surface area contributed by atoms with Crippen molar-refractivity contribution in [3.05, 3.63) is 0 Å². The van der Waals surface area contributed by atoms with E-state index in [4.69, 9.17) is 9.47 Å². The van der Waals surface area contributed by atoms with E-state index in [0.29, 0.717) is 26.2 Å². The molecule has 0 amide bonds. The highest BCUT2D eigenvalue weighted by molar-refractivity contribution is 7.91. The van der Waals surface area contributed by atoms with Crippen LogP contribution in [0.1, 0.15) is 6.42 Å². The predicted octanol–water partition coefficient (Wildman–Crippen LogP) is -1.52. The standard InChI is InChI=1S/C10H18N2O4S/c13-17(14)4-1-10(8-17)12-5-9(7-16-10)6-15-3-2-11-9/h11-12H,1-8H2. The highest BCUT2D eigenvalue weighted by Crippen LogP contribution is 2.30. The third-order valence-electron chi connectivity index (χ3n) is 3.77. The Hall–Kier alpha value is -0.210. The first-order chi connectivity index (χ1) is 8.04. The topological polar surface area (TPSA) is 76.7 Å². The molecule has 3 heterocycles. The molecule has 3 aliphatic heterocycles. The number of rotatable bonds is 0. The molecule has 2 N–H and O–H groups in total. The molecule has 2 unspecified atom stereocenters. The molecule has 2 atom stereocenters. The number of hydrogen-bond donors (Lipinski definition) is 2. The normalized spacial score (nSPS) is 45.4. The number of nitrogens with one attached hydrogen (secondary N) is 2. The predicted molar refractivity (Wildman–Crippen MR) is 61.5 cm³/mol. The zero-order valence-electron chi connectivity index (χ0n) is 9.70. The average molecular weight is 262 g/mol. The van der Waals surface area contributed by atoms with E-state index in [0.717, 1.165) is 13.2 Å². The third-order valence-corrected chi connectivity index (χ3v) is 5.50. The Morgan fingerprint density at radius 2 is 2.06 bits per heavy atom. The van der Waals surface area contributed by atoms with Crippen LogP contribution in [0, 0.1) is 0 Å². The van der Waals surface area contributed by atoms with Crippen molar-refractivity contribution >= 4 is 9.84 Å². The van der Waals surface area contributed by atoms with E-state index < -0.39 is 15.6 Å². The summed E-state index contributed by atoms with van der Waals surface area (Å²) < 4.78 is 34.3. The summed E-state index contributed by atoms with van der Waals surface area (Å²) in [6, 6.07) is 0.